The molecule has 36 heavy (non-hydrogen) atoms. The number of pyridine rings is 2. The third kappa shape index (κ3) is 4.74. The lowest BCUT2D eigenvalue weighted by Crippen LogP contribution is -2.13. The smallest absolute Gasteiger partial charge is 0.292 e. The van der Waals surface area contributed by atoms with E-state index in [1.165, 1.54) is 24.5 Å². The molecule has 0 fully saturated rings. The number of aliphatic imine (C=N–C) groups is 1. The fraction of sp³-hybridized carbons (Fsp3) is 0.154. The minimum atomic E-state index is -4.68. The molecule has 1 aliphatic heterocycles. The molecule has 180 valence electrons. The molecule has 10 heteroatoms. The van der Waals surface area contributed by atoms with Crippen LogP contribution in [0.4, 0.5) is 23.2 Å². The molecule has 1 aromatic carbocycles. The molecule has 6 nitrogen and oxygen atoms in total. The normalized spacial score (nSPS) is 12.6. The lowest BCUT2D eigenvalue weighted by atomic mass is 9.98. The molecule has 0 unspecified atom stereocenters. The number of aromatic nitrogens is 4. The molecule has 3 aromatic heterocycles. The highest BCUT2D eigenvalue weighted by Gasteiger charge is 2.33. The standard InChI is InChI=1S/C26H17F4N5O/c27-18-7-6-15(11-16(18)13-22(36)19-4-1-5-23(35-19)26(28,29)30)12-21-17(3-2-9-31-21)24-25-20(8-10-32-25)33-14-34-24/h1-7,9-11,14H,8,12-13H2. The number of alkyl halides is 3. The SMILES string of the molecule is O=C(Cc1cc(Cc2ncccc2-c2ncnc3c2N=CC3)ccc1F)c1cccc(C(F)(F)F)n1. The van der Waals surface area contributed by atoms with E-state index in [0.717, 1.165) is 23.4 Å². The summed E-state index contributed by atoms with van der Waals surface area (Å²) in [6.07, 6.45) is 0.688. The summed E-state index contributed by atoms with van der Waals surface area (Å²) in [4.78, 5) is 33.5. The average molecular weight is 491 g/mol. The summed E-state index contributed by atoms with van der Waals surface area (Å²) in [6.45, 7) is 0. The van der Waals surface area contributed by atoms with Crippen molar-refractivity contribution < 1.29 is 22.4 Å². The summed E-state index contributed by atoms with van der Waals surface area (Å²) in [6, 6.07) is 11.0. The molecule has 4 aromatic rings. The van der Waals surface area contributed by atoms with Gasteiger partial charge in [-0.1, -0.05) is 18.2 Å². The Balaban J connectivity index is 1.42. The quantitative estimate of drug-likeness (QED) is 0.268. The van der Waals surface area contributed by atoms with Crippen molar-refractivity contribution in [3.05, 3.63) is 101 Å². The van der Waals surface area contributed by atoms with Crippen LogP contribution in [0.15, 0.2) is 66.0 Å². The maximum atomic E-state index is 14.5. The molecule has 0 saturated heterocycles. The van der Waals surface area contributed by atoms with Crippen molar-refractivity contribution in [1.29, 1.82) is 0 Å². The first-order valence-electron chi connectivity index (χ1n) is 10.9. The Morgan fingerprint density at radius 3 is 2.69 bits per heavy atom. The highest BCUT2D eigenvalue weighted by Crippen LogP contribution is 2.35. The number of Topliss-reactive ketones (excluding diaryl/α,β-unsaturated/α-hetero) is 1. The van der Waals surface area contributed by atoms with Gasteiger partial charge in [-0.2, -0.15) is 13.2 Å². The fourth-order valence-corrected chi connectivity index (χ4v) is 3.99. The summed E-state index contributed by atoms with van der Waals surface area (Å²) in [7, 11) is 0. The highest BCUT2D eigenvalue weighted by molar-refractivity contribution is 5.95. The number of benzene rings is 1. The Morgan fingerprint density at radius 1 is 1.00 bits per heavy atom. The molecule has 4 heterocycles. The van der Waals surface area contributed by atoms with Crippen LogP contribution in [0.5, 0.6) is 0 Å². The van der Waals surface area contributed by atoms with Gasteiger partial charge in [0.05, 0.1) is 11.4 Å². The number of carbonyl (C=O) groups excluding carboxylic acids is 1. The van der Waals surface area contributed by atoms with Gasteiger partial charge in [-0.25, -0.2) is 19.3 Å². The van der Waals surface area contributed by atoms with Crippen LogP contribution in [-0.4, -0.2) is 31.9 Å². The van der Waals surface area contributed by atoms with Gasteiger partial charge in [0.1, 0.15) is 34.9 Å². The molecule has 5 rings (SSSR count). The molecular formula is C26H17F4N5O. The van der Waals surface area contributed by atoms with Crippen molar-refractivity contribution in [2.75, 3.05) is 0 Å². The van der Waals surface area contributed by atoms with Gasteiger partial charge in [-0.3, -0.25) is 14.8 Å². The minimum Gasteiger partial charge on any atom is -0.292 e. The summed E-state index contributed by atoms with van der Waals surface area (Å²) >= 11 is 0. The third-order valence-electron chi connectivity index (χ3n) is 5.71. The first-order valence-corrected chi connectivity index (χ1v) is 10.9. The molecule has 0 atom stereocenters. The second-order valence-corrected chi connectivity index (χ2v) is 8.14. The predicted molar refractivity (Wildman–Crippen MR) is 124 cm³/mol. The zero-order valence-electron chi connectivity index (χ0n) is 18.6. The van der Waals surface area contributed by atoms with Crippen LogP contribution in [0.25, 0.3) is 11.3 Å². The van der Waals surface area contributed by atoms with E-state index < -0.39 is 29.9 Å². The molecule has 0 saturated carbocycles. The molecule has 0 amide bonds. The van der Waals surface area contributed by atoms with E-state index in [-0.39, 0.29) is 11.3 Å². The van der Waals surface area contributed by atoms with Crippen LogP contribution in [0, 0.1) is 5.82 Å². The fourth-order valence-electron chi connectivity index (χ4n) is 3.99. The van der Waals surface area contributed by atoms with Crippen molar-refractivity contribution in [3.8, 4) is 11.3 Å². The number of halogens is 4. The molecule has 0 N–H and O–H groups in total. The van der Waals surface area contributed by atoms with Gasteiger partial charge in [0.15, 0.2) is 5.78 Å². The van der Waals surface area contributed by atoms with Gasteiger partial charge in [0, 0.05) is 37.2 Å². The molecule has 0 radical (unpaired) electrons. The number of hydrogen-bond donors (Lipinski definition) is 0. The van der Waals surface area contributed by atoms with Gasteiger partial charge < -0.3 is 0 Å². The Morgan fingerprint density at radius 2 is 1.86 bits per heavy atom. The zero-order chi connectivity index (χ0) is 25.3. The lowest BCUT2D eigenvalue weighted by molar-refractivity contribution is -0.141. The van der Waals surface area contributed by atoms with E-state index in [1.807, 2.05) is 6.07 Å². The number of carbonyl (C=O) groups is 1. The predicted octanol–water partition coefficient (Wildman–Crippen LogP) is 5.37. The van der Waals surface area contributed by atoms with E-state index in [4.69, 9.17) is 0 Å². The largest absolute Gasteiger partial charge is 0.433 e. The lowest BCUT2D eigenvalue weighted by Gasteiger charge is -2.12. The second-order valence-electron chi connectivity index (χ2n) is 8.14. The van der Waals surface area contributed by atoms with Crippen LogP contribution in [0.1, 0.15) is 38.7 Å². The molecule has 0 spiro atoms. The van der Waals surface area contributed by atoms with Gasteiger partial charge in [0.25, 0.3) is 0 Å². The number of rotatable bonds is 6. The molecule has 0 aliphatic carbocycles. The topological polar surface area (TPSA) is 81.0 Å². The second kappa shape index (κ2) is 9.37. The van der Waals surface area contributed by atoms with Crippen LogP contribution in [0.2, 0.25) is 0 Å². The number of hydrogen-bond acceptors (Lipinski definition) is 6. The van der Waals surface area contributed by atoms with E-state index in [9.17, 15) is 22.4 Å². The molecular weight excluding hydrogens is 474 g/mol. The monoisotopic (exact) mass is 491 g/mol. The van der Waals surface area contributed by atoms with E-state index in [2.05, 4.69) is 24.9 Å². The minimum absolute atomic E-state index is 0.0571. The third-order valence-corrected chi connectivity index (χ3v) is 5.71. The summed E-state index contributed by atoms with van der Waals surface area (Å²) in [5.41, 5.74) is 2.75. The van der Waals surface area contributed by atoms with Crippen molar-refractivity contribution >= 4 is 17.7 Å². The van der Waals surface area contributed by atoms with Gasteiger partial charge in [-0.15, -0.1) is 0 Å². The Labute approximate surface area is 202 Å². The van der Waals surface area contributed by atoms with Crippen LogP contribution in [0.3, 0.4) is 0 Å². The van der Waals surface area contributed by atoms with Crippen LogP contribution >= 0.6 is 0 Å². The van der Waals surface area contributed by atoms with Crippen LogP contribution in [-0.2, 0) is 25.4 Å². The van der Waals surface area contributed by atoms with Crippen molar-refractivity contribution in [2.24, 2.45) is 4.99 Å². The highest BCUT2D eigenvalue weighted by atomic mass is 19.4. The zero-order valence-corrected chi connectivity index (χ0v) is 18.6. The number of fused-ring (bicyclic) bond motifs is 1. The van der Waals surface area contributed by atoms with Crippen molar-refractivity contribution in [3.63, 3.8) is 0 Å². The summed E-state index contributed by atoms with van der Waals surface area (Å²) in [5.74, 6) is -1.35. The first kappa shape index (κ1) is 23.4. The summed E-state index contributed by atoms with van der Waals surface area (Å²) in [5, 5.41) is 0. The summed E-state index contributed by atoms with van der Waals surface area (Å²) < 4.78 is 53.4. The number of nitrogens with zero attached hydrogens (tertiary/aromatic N) is 5. The van der Waals surface area contributed by atoms with Gasteiger partial charge in [0.2, 0.25) is 0 Å². The van der Waals surface area contributed by atoms with E-state index in [0.29, 0.717) is 35.5 Å². The Bertz CT molecular complexity index is 1500. The van der Waals surface area contributed by atoms with Crippen molar-refractivity contribution in [1.82, 2.24) is 19.9 Å². The molecule has 0 bridgehead atoms. The van der Waals surface area contributed by atoms with Gasteiger partial charge in [-0.05, 0) is 41.5 Å². The molecule has 1 aliphatic rings. The number of ketones is 1. The van der Waals surface area contributed by atoms with Crippen molar-refractivity contribution in [2.45, 2.75) is 25.4 Å². The van der Waals surface area contributed by atoms with Crippen LogP contribution < -0.4 is 0 Å². The maximum Gasteiger partial charge on any atom is 0.433 e. The van der Waals surface area contributed by atoms with E-state index >= 15 is 0 Å². The van der Waals surface area contributed by atoms with Gasteiger partial charge >= 0.3 is 6.18 Å². The van der Waals surface area contributed by atoms with E-state index in [1.54, 1.807) is 24.5 Å². The Hall–Kier alpha value is -4.34. The maximum absolute atomic E-state index is 14.5. The Kier molecular flexibility index (Phi) is 6.09. The average Bonchev–Trinajstić information content (AvgIpc) is 3.35. The first-order chi connectivity index (χ1) is 17.3.